The summed E-state index contributed by atoms with van der Waals surface area (Å²) in [7, 11) is 0. The van der Waals surface area contributed by atoms with Crippen LogP contribution in [0, 0.1) is 18.3 Å². The highest BCUT2D eigenvalue weighted by molar-refractivity contribution is 5.60. The maximum atomic E-state index is 9.27. The fraction of sp³-hybridized carbons (Fsp3) is 0.278. The molecule has 2 aromatic rings. The summed E-state index contributed by atoms with van der Waals surface area (Å²) >= 11 is 0. The molecule has 0 saturated heterocycles. The number of benzene rings is 2. The average Bonchev–Trinajstić information content (AvgIpc) is 2.47. The van der Waals surface area contributed by atoms with Crippen LogP contribution in [0.25, 0.3) is 0 Å². The van der Waals surface area contributed by atoms with Crippen LogP contribution < -0.4 is 5.32 Å². The van der Waals surface area contributed by atoms with Gasteiger partial charge in [0.2, 0.25) is 0 Å². The maximum Gasteiger partial charge on any atom is 0.115 e. The van der Waals surface area contributed by atoms with Gasteiger partial charge >= 0.3 is 0 Å². The van der Waals surface area contributed by atoms with Crippen LogP contribution in [0.15, 0.2) is 42.5 Å². The van der Waals surface area contributed by atoms with E-state index >= 15 is 0 Å². The second kappa shape index (κ2) is 6.81. The number of phenolic OH excluding ortho intramolecular Hbond substituents is 1. The van der Waals surface area contributed by atoms with Crippen molar-refractivity contribution in [1.29, 1.82) is 5.26 Å². The molecular formula is C18H20N2O. The predicted molar refractivity (Wildman–Crippen MR) is 85.4 cm³/mol. The van der Waals surface area contributed by atoms with E-state index < -0.39 is 0 Å². The number of nitriles is 1. The van der Waals surface area contributed by atoms with Gasteiger partial charge in [-0.3, -0.25) is 0 Å². The van der Waals surface area contributed by atoms with E-state index in [9.17, 15) is 10.4 Å². The largest absolute Gasteiger partial charge is 0.508 e. The van der Waals surface area contributed by atoms with Crippen LogP contribution in [-0.4, -0.2) is 11.1 Å². The molecule has 0 fully saturated rings. The Bertz CT molecular complexity index is 641. The molecule has 2 aromatic carbocycles. The molecule has 0 aliphatic heterocycles. The van der Waals surface area contributed by atoms with E-state index in [2.05, 4.69) is 18.3 Å². The Kier molecular flexibility index (Phi) is 4.84. The lowest BCUT2D eigenvalue weighted by Crippen LogP contribution is -2.17. The number of aromatic hydroxyl groups is 1. The van der Waals surface area contributed by atoms with E-state index in [4.69, 9.17) is 0 Å². The molecule has 3 nitrogen and oxygen atoms in total. The number of anilines is 1. The Balaban J connectivity index is 1.96. The summed E-state index contributed by atoms with van der Waals surface area (Å²) in [4.78, 5) is 0. The van der Waals surface area contributed by atoms with Crippen LogP contribution in [0.3, 0.4) is 0 Å². The first-order chi connectivity index (χ1) is 10.1. The first kappa shape index (κ1) is 14.9. The van der Waals surface area contributed by atoms with E-state index in [1.807, 2.05) is 37.3 Å². The Hall–Kier alpha value is -2.47. The van der Waals surface area contributed by atoms with Gasteiger partial charge in [-0.05, 0) is 56.0 Å². The van der Waals surface area contributed by atoms with E-state index in [1.165, 1.54) is 5.56 Å². The van der Waals surface area contributed by atoms with Gasteiger partial charge in [-0.2, -0.15) is 5.26 Å². The van der Waals surface area contributed by atoms with Crippen molar-refractivity contribution in [3.8, 4) is 11.8 Å². The molecule has 108 valence electrons. The summed E-state index contributed by atoms with van der Waals surface area (Å²) in [5, 5.41) is 21.9. The fourth-order valence-electron chi connectivity index (χ4n) is 2.32. The van der Waals surface area contributed by atoms with E-state index in [1.54, 1.807) is 12.1 Å². The van der Waals surface area contributed by atoms with Gasteiger partial charge in [0.15, 0.2) is 0 Å². The summed E-state index contributed by atoms with van der Waals surface area (Å²) in [6.07, 6.45) is 1.89. The van der Waals surface area contributed by atoms with Gasteiger partial charge in [0.1, 0.15) is 11.8 Å². The second-order valence-electron chi connectivity index (χ2n) is 5.36. The molecule has 0 aliphatic rings. The lowest BCUT2D eigenvalue weighted by molar-refractivity contribution is 0.475. The Morgan fingerprint density at radius 3 is 2.57 bits per heavy atom. The van der Waals surface area contributed by atoms with Crippen molar-refractivity contribution in [2.24, 2.45) is 0 Å². The van der Waals surface area contributed by atoms with Crippen LogP contribution in [-0.2, 0) is 6.42 Å². The molecule has 0 saturated carbocycles. The summed E-state index contributed by atoms with van der Waals surface area (Å²) in [6, 6.07) is 15.7. The van der Waals surface area contributed by atoms with Crippen molar-refractivity contribution in [2.75, 3.05) is 5.32 Å². The highest BCUT2D eigenvalue weighted by Gasteiger charge is 2.08. The van der Waals surface area contributed by atoms with Crippen molar-refractivity contribution in [1.82, 2.24) is 0 Å². The number of hydrogen-bond donors (Lipinski definition) is 2. The van der Waals surface area contributed by atoms with Gasteiger partial charge in [0.05, 0.1) is 11.3 Å². The van der Waals surface area contributed by atoms with Crippen LogP contribution in [0.1, 0.15) is 30.0 Å². The number of rotatable bonds is 5. The number of phenols is 1. The number of nitrogens with zero attached hydrogens (tertiary/aromatic N) is 1. The van der Waals surface area contributed by atoms with Gasteiger partial charge in [-0.15, -0.1) is 0 Å². The SMILES string of the molecule is Cc1cccc(NC(C)CCc2ccc(O)cc2)c1C#N. The predicted octanol–water partition coefficient (Wildman–Crippen LogP) is 4.01. The average molecular weight is 280 g/mol. The van der Waals surface area contributed by atoms with Crippen LogP contribution in [0.4, 0.5) is 5.69 Å². The molecular weight excluding hydrogens is 260 g/mol. The van der Waals surface area contributed by atoms with Crippen LogP contribution >= 0.6 is 0 Å². The molecule has 3 heteroatoms. The molecule has 2 rings (SSSR count). The van der Waals surface area contributed by atoms with Crippen LogP contribution in [0.5, 0.6) is 5.75 Å². The van der Waals surface area contributed by atoms with Crippen molar-refractivity contribution in [3.63, 3.8) is 0 Å². The third-order valence-corrected chi connectivity index (χ3v) is 3.59. The van der Waals surface area contributed by atoms with Crippen molar-refractivity contribution in [2.45, 2.75) is 32.7 Å². The zero-order valence-electron chi connectivity index (χ0n) is 12.4. The summed E-state index contributed by atoms with van der Waals surface area (Å²) in [6.45, 7) is 4.06. The first-order valence-corrected chi connectivity index (χ1v) is 7.14. The molecule has 0 amide bonds. The van der Waals surface area contributed by atoms with Crippen molar-refractivity contribution >= 4 is 5.69 Å². The van der Waals surface area contributed by atoms with Gasteiger partial charge < -0.3 is 10.4 Å². The van der Waals surface area contributed by atoms with Gasteiger partial charge in [0, 0.05) is 6.04 Å². The van der Waals surface area contributed by atoms with Crippen LogP contribution in [0.2, 0.25) is 0 Å². The molecule has 21 heavy (non-hydrogen) atoms. The summed E-state index contributed by atoms with van der Waals surface area (Å²) in [5.74, 6) is 0.295. The van der Waals surface area contributed by atoms with E-state index in [0.717, 1.165) is 24.1 Å². The first-order valence-electron chi connectivity index (χ1n) is 7.14. The summed E-state index contributed by atoms with van der Waals surface area (Å²) in [5.41, 5.74) is 3.81. The number of aryl methyl sites for hydroxylation is 2. The number of nitrogens with one attached hydrogen (secondary N) is 1. The van der Waals surface area contributed by atoms with Gasteiger partial charge in [-0.1, -0.05) is 24.3 Å². The highest BCUT2D eigenvalue weighted by Crippen LogP contribution is 2.20. The molecule has 0 radical (unpaired) electrons. The Labute approximate surface area is 125 Å². The van der Waals surface area contributed by atoms with E-state index in [0.29, 0.717) is 11.3 Å². The Morgan fingerprint density at radius 1 is 1.19 bits per heavy atom. The highest BCUT2D eigenvalue weighted by atomic mass is 16.3. The van der Waals surface area contributed by atoms with Gasteiger partial charge in [-0.25, -0.2) is 0 Å². The second-order valence-corrected chi connectivity index (χ2v) is 5.36. The standard InChI is InChI=1S/C18H20N2O/c1-13-4-3-5-18(17(13)12-19)20-14(2)6-7-15-8-10-16(21)11-9-15/h3-5,8-11,14,20-21H,6-7H2,1-2H3. The number of hydrogen-bond acceptors (Lipinski definition) is 3. The molecule has 0 aromatic heterocycles. The molecule has 2 N–H and O–H groups in total. The maximum absolute atomic E-state index is 9.27. The van der Waals surface area contributed by atoms with E-state index in [-0.39, 0.29) is 6.04 Å². The smallest absolute Gasteiger partial charge is 0.115 e. The third kappa shape index (κ3) is 4.00. The Morgan fingerprint density at radius 2 is 1.90 bits per heavy atom. The lowest BCUT2D eigenvalue weighted by atomic mass is 10.0. The topological polar surface area (TPSA) is 56.0 Å². The molecule has 0 bridgehead atoms. The third-order valence-electron chi connectivity index (χ3n) is 3.59. The monoisotopic (exact) mass is 280 g/mol. The minimum absolute atomic E-state index is 0.271. The quantitative estimate of drug-likeness (QED) is 0.870. The van der Waals surface area contributed by atoms with Crippen molar-refractivity contribution < 1.29 is 5.11 Å². The molecule has 0 heterocycles. The summed E-state index contributed by atoms with van der Waals surface area (Å²) < 4.78 is 0. The molecule has 1 unspecified atom stereocenters. The fourth-order valence-corrected chi connectivity index (χ4v) is 2.32. The van der Waals surface area contributed by atoms with Gasteiger partial charge in [0.25, 0.3) is 0 Å². The normalized spacial score (nSPS) is 11.7. The zero-order chi connectivity index (χ0) is 15.2. The van der Waals surface area contributed by atoms with Crippen molar-refractivity contribution in [3.05, 3.63) is 59.2 Å². The minimum Gasteiger partial charge on any atom is -0.508 e. The molecule has 1 atom stereocenters. The minimum atomic E-state index is 0.271. The molecule has 0 spiro atoms. The lowest BCUT2D eigenvalue weighted by Gasteiger charge is -2.17. The molecule has 0 aliphatic carbocycles. The zero-order valence-corrected chi connectivity index (χ0v) is 12.4.